The Balaban J connectivity index is 1.71. The summed E-state index contributed by atoms with van der Waals surface area (Å²) in [7, 11) is 0. The van der Waals surface area contributed by atoms with Gasteiger partial charge in [0.15, 0.2) is 0 Å². The molecule has 0 unspecified atom stereocenters. The summed E-state index contributed by atoms with van der Waals surface area (Å²) in [6.07, 6.45) is 5.38. The van der Waals surface area contributed by atoms with Crippen LogP contribution in [0.3, 0.4) is 0 Å². The van der Waals surface area contributed by atoms with Gasteiger partial charge in [-0.2, -0.15) is 0 Å². The highest BCUT2D eigenvalue weighted by Gasteiger charge is 2.34. The number of nitrogens with one attached hydrogen (secondary N) is 1. The molecule has 3 heteroatoms. The lowest BCUT2D eigenvalue weighted by atomic mass is 10.1. The lowest BCUT2D eigenvalue weighted by Crippen LogP contribution is -2.55. The Kier molecular flexibility index (Phi) is 4.42. The third kappa shape index (κ3) is 2.92. The van der Waals surface area contributed by atoms with Crippen LogP contribution in [0, 0.1) is 0 Å². The molecule has 88 valence electrons. The van der Waals surface area contributed by atoms with Crippen LogP contribution in [0.2, 0.25) is 0 Å². The Morgan fingerprint density at radius 1 is 1.40 bits per heavy atom. The van der Waals surface area contributed by atoms with E-state index in [1.54, 1.807) is 0 Å². The normalized spacial score (nSPS) is 31.8. The van der Waals surface area contributed by atoms with E-state index in [0.717, 1.165) is 25.3 Å². The first-order valence-electron chi connectivity index (χ1n) is 6.47. The topological polar surface area (TPSA) is 24.5 Å². The second-order valence-electron chi connectivity index (χ2n) is 4.65. The summed E-state index contributed by atoms with van der Waals surface area (Å²) < 4.78 is 5.39. The molecule has 2 fully saturated rings. The molecule has 15 heavy (non-hydrogen) atoms. The van der Waals surface area contributed by atoms with Crippen molar-refractivity contribution in [3.63, 3.8) is 0 Å². The Hall–Kier alpha value is -0.120. The van der Waals surface area contributed by atoms with Crippen molar-refractivity contribution in [2.75, 3.05) is 32.8 Å². The van der Waals surface area contributed by atoms with E-state index < -0.39 is 0 Å². The van der Waals surface area contributed by atoms with Gasteiger partial charge in [0.1, 0.15) is 0 Å². The zero-order chi connectivity index (χ0) is 10.5. The van der Waals surface area contributed by atoms with Crippen LogP contribution in [0.15, 0.2) is 0 Å². The summed E-state index contributed by atoms with van der Waals surface area (Å²) in [5.74, 6) is 0. The SMILES string of the molecule is CCOCCCN1CCN[C@H]2CCC[C@@H]21. The first-order valence-corrected chi connectivity index (χ1v) is 6.47. The molecule has 1 saturated heterocycles. The average molecular weight is 212 g/mol. The van der Waals surface area contributed by atoms with Gasteiger partial charge < -0.3 is 10.1 Å². The number of fused-ring (bicyclic) bond motifs is 1. The maximum absolute atomic E-state index is 5.39. The predicted octanol–water partition coefficient (Wildman–Crippen LogP) is 1.24. The van der Waals surface area contributed by atoms with Gasteiger partial charge in [-0.15, -0.1) is 0 Å². The summed E-state index contributed by atoms with van der Waals surface area (Å²) in [6.45, 7) is 7.48. The van der Waals surface area contributed by atoms with E-state index in [9.17, 15) is 0 Å². The van der Waals surface area contributed by atoms with Gasteiger partial charge >= 0.3 is 0 Å². The highest BCUT2D eigenvalue weighted by molar-refractivity contribution is 4.93. The number of nitrogens with zero attached hydrogens (tertiary/aromatic N) is 1. The third-order valence-corrected chi connectivity index (χ3v) is 3.69. The van der Waals surface area contributed by atoms with E-state index >= 15 is 0 Å². The number of hydrogen-bond donors (Lipinski definition) is 1. The molecular formula is C12H24N2O. The van der Waals surface area contributed by atoms with Crippen LogP contribution in [-0.4, -0.2) is 49.8 Å². The zero-order valence-corrected chi connectivity index (χ0v) is 9.87. The Labute approximate surface area is 93.2 Å². The molecule has 1 aliphatic carbocycles. The highest BCUT2D eigenvalue weighted by atomic mass is 16.5. The zero-order valence-electron chi connectivity index (χ0n) is 9.87. The van der Waals surface area contributed by atoms with Crippen molar-refractivity contribution >= 4 is 0 Å². The van der Waals surface area contributed by atoms with Crippen molar-refractivity contribution in [2.45, 2.75) is 44.7 Å². The minimum atomic E-state index is 0.783. The van der Waals surface area contributed by atoms with Gasteiger partial charge in [0.2, 0.25) is 0 Å². The molecule has 2 aliphatic rings. The highest BCUT2D eigenvalue weighted by Crippen LogP contribution is 2.26. The Bertz CT molecular complexity index is 186. The summed E-state index contributed by atoms with van der Waals surface area (Å²) in [6, 6.07) is 1.60. The van der Waals surface area contributed by atoms with Gasteiger partial charge in [-0.25, -0.2) is 0 Å². The molecule has 2 atom stereocenters. The minimum absolute atomic E-state index is 0.783. The third-order valence-electron chi connectivity index (χ3n) is 3.69. The van der Waals surface area contributed by atoms with E-state index in [0.29, 0.717) is 0 Å². The standard InChI is InChI=1S/C12H24N2O/c1-2-15-10-4-8-14-9-7-13-11-5-3-6-12(11)14/h11-13H,2-10H2,1H3/t11-,12-/m0/s1. The average Bonchev–Trinajstić information content (AvgIpc) is 2.73. The van der Waals surface area contributed by atoms with E-state index in [1.165, 1.54) is 45.3 Å². The predicted molar refractivity (Wildman–Crippen MR) is 62.1 cm³/mol. The second-order valence-corrected chi connectivity index (χ2v) is 4.65. The van der Waals surface area contributed by atoms with Gasteiger partial charge in [-0.05, 0) is 26.2 Å². The Morgan fingerprint density at radius 2 is 2.33 bits per heavy atom. The molecule has 0 radical (unpaired) electrons. The van der Waals surface area contributed by atoms with Crippen LogP contribution in [0.4, 0.5) is 0 Å². The van der Waals surface area contributed by atoms with Crippen LogP contribution < -0.4 is 5.32 Å². The van der Waals surface area contributed by atoms with Gasteiger partial charge in [-0.3, -0.25) is 4.90 Å². The maximum atomic E-state index is 5.39. The molecule has 0 bridgehead atoms. The summed E-state index contributed by atoms with van der Waals surface area (Å²) in [5, 5.41) is 3.64. The van der Waals surface area contributed by atoms with E-state index in [-0.39, 0.29) is 0 Å². The molecule has 0 aromatic heterocycles. The fourth-order valence-corrected chi connectivity index (χ4v) is 2.97. The summed E-state index contributed by atoms with van der Waals surface area (Å²) >= 11 is 0. The van der Waals surface area contributed by atoms with E-state index in [4.69, 9.17) is 4.74 Å². The lowest BCUT2D eigenvalue weighted by molar-refractivity contribution is 0.101. The largest absolute Gasteiger partial charge is 0.382 e. The lowest BCUT2D eigenvalue weighted by Gasteiger charge is -2.38. The van der Waals surface area contributed by atoms with Crippen LogP contribution in [0.25, 0.3) is 0 Å². The summed E-state index contributed by atoms with van der Waals surface area (Å²) in [5.41, 5.74) is 0. The first kappa shape index (κ1) is 11.4. The molecule has 0 aromatic rings. The number of piperazine rings is 1. The Morgan fingerprint density at radius 3 is 3.20 bits per heavy atom. The number of hydrogen-bond acceptors (Lipinski definition) is 3. The smallest absolute Gasteiger partial charge is 0.0478 e. The van der Waals surface area contributed by atoms with Crippen LogP contribution in [0.5, 0.6) is 0 Å². The molecule has 0 amide bonds. The molecule has 1 N–H and O–H groups in total. The van der Waals surface area contributed by atoms with Crippen LogP contribution >= 0.6 is 0 Å². The van der Waals surface area contributed by atoms with E-state index in [2.05, 4.69) is 17.1 Å². The molecule has 1 saturated carbocycles. The van der Waals surface area contributed by atoms with E-state index in [1.807, 2.05) is 0 Å². The molecule has 0 aromatic carbocycles. The second kappa shape index (κ2) is 5.83. The molecule has 3 nitrogen and oxygen atoms in total. The molecule has 1 aliphatic heterocycles. The van der Waals surface area contributed by atoms with Crippen molar-refractivity contribution in [1.82, 2.24) is 10.2 Å². The maximum Gasteiger partial charge on any atom is 0.0478 e. The van der Waals surface area contributed by atoms with Gasteiger partial charge in [0.25, 0.3) is 0 Å². The van der Waals surface area contributed by atoms with Crippen molar-refractivity contribution in [1.29, 1.82) is 0 Å². The number of rotatable bonds is 5. The van der Waals surface area contributed by atoms with Gasteiger partial charge in [0.05, 0.1) is 0 Å². The van der Waals surface area contributed by atoms with Crippen LogP contribution in [0.1, 0.15) is 32.6 Å². The fraction of sp³-hybridized carbons (Fsp3) is 1.00. The monoisotopic (exact) mass is 212 g/mol. The van der Waals surface area contributed by atoms with Crippen molar-refractivity contribution in [3.8, 4) is 0 Å². The number of ether oxygens (including phenoxy) is 1. The van der Waals surface area contributed by atoms with Crippen molar-refractivity contribution in [3.05, 3.63) is 0 Å². The first-order chi connectivity index (χ1) is 7.42. The minimum Gasteiger partial charge on any atom is -0.382 e. The molecule has 1 heterocycles. The molecule has 0 spiro atoms. The van der Waals surface area contributed by atoms with Crippen LogP contribution in [-0.2, 0) is 4.74 Å². The van der Waals surface area contributed by atoms with Gasteiger partial charge in [0, 0.05) is 44.9 Å². The molecular weight excluding hydrogens is 188 g/mol. The van der Waals surface area contributed by atoms with Crippen molar-refractivity contribution < 1.29 is 4.74 Å². The van der Waals surface area contributed by atoms with Crippen molar-refractivity contribution in [2.24, 2.45) is 0 Å². The fourth-order valence-electron chi connectivity index (χ4n) is 2.97. The summed E-state index contributed by atoms with van der Waals surface area (Å²) in [4.78, 5) is 2.67. The quantitative estimate of drug-likeness (QED) is 0.694. The molecule has 2 rings (SSSR count). The van der Waals surface area contributed by atoms with Gasteiger partial charge in [-0.1, -0.05) is 6.42 Å².